The summed E-state index contributed by atoms with van der Waals surface area (Å²) in [6.07, 6.45) is -5.64. The maximum atomic E-state index is 13.0. The van der Waals surface area contributed by atoms with Crippen LogP contribution in [0, 0.1) is 11.2 Å². The number of nitrogens with one attached hydrogen (secondary N) is 1. The highest BCUT2D eigenvalue weighted by atomic mass is 19.4. The van der Waals surface area contributed by atoms with Gasteiger partial charge < -0.3 is 15.2 Å². The number of nitrogens with zero attached hydrogens (tertiary/aromatic N) is 2. The molecule has 0 aromatic heterocycles. The van der Waals surface area contributed by atoms with Crippen molar-refractivity contribution in [1.29, 1.82) is 5.41 Å². The molecule has 2 rings (SSSR count). The van der Waals surface area contributed by atoms with E-state index in [1.54, 1.807) is 24.1 Å². The van der Waals surface area contributed by atoms with Crippen LogP contribution >= 0.6 is 0 Å². The van der Waals surface area contributed by atoms with E-state index in [1.165, 1.54) is 18.2 Å². The second-order valence-corrected chi connectivity index (χ2v) is 5.85. The lowest BCUT2D eigenvalue weighted by Gasteiger charge is -2.27. The summed E-state index contributed by atoms with van der Waals surface area (Å²) in [5.41, 5.74) is 0.616. The Morgan fingerprint density at radius 2 is 1.81 bits per heavy atom. The van der Waals surface area contributed by atoms with E-state index in [0.29, 0.717) is 0 Å². The highest BCUT2D eigenvalue weighted by Crippen LogP contribution is 2.28. The second kappa shape index (κ2) is 7.69. The lowest BCUT2D eigenvalue weighted by molar-refractivity contribution is -0.202. The number of aliphatic hydroxyl groups excluding tert-OH is 1. The Morgan fingerprint density at radius 3 is 2.35 bits per heavy atom. The number of oxime groups is 1. The molecular formula is C17H17F4N3O2. The van der Waals surface area contributed by atoms with E-state index in [2.05, 4.69) is 5.16 Å². The number of hydrogen-bond donors (Lipinski definition) is 3. The topological polar surface area (TPSA) is 79.9 Å². The normalized spacial score (nSPS) is 17.8. The minimum atomic E-state index is -4.78. The van der Waals surface area contributed by atoms with E-state index in [4.69, 9.17) is 10.6 Å². The Hall–Kier alpha value is -2.68. The van der Waals surface area contributed by atoms with Gasteiger partial charge in [-0.05, 0) is 35.4 Å². The zero-order valence-electron chi connectivity index (χ0n) is 13.8. The smallest absolute Gasteiger partial charge is 0.410 e. The molecule has 0 saturated carbocycles. The van der Waals surface area contributed by atoms with Crippen LogP contribution < -0.4 is 0 Å². The molecule has 3 N–H and O–H groups in total. The molecule has 0 fully saturated rings. The van der Waals surface area contributed by atoms with Crippen LogP contribution in [-0.4, -0.2) is 46.0 Å². The molecule has 0 saturated heterocycles. The minimum absolute atomic E-state index is 0.0691. The van der Waals surface area contributed by atoms with Gasteiger partial charge in [0.15, 0.2) is 6.10 Å². The van der Waals surface area contributed by atoms with Crippen molar-refractivity contribution in [1.82, 2.24) is 4.90 Å². The molecule has 0 radical (unpaired) electrons. The van der Waals surface area contributed by atoms with Crippen molar-refractivity contribution in [2.45, 2.75) is 25.2 Å². The van der Waals surface area contributed by atoms with Gasteiger partial charge >= 0.3 is 6.18 Å². The Labute approximate surface area is 147 Å². The van der Waals surface area contributed by atoms with Crippen LogP contribution in [0.5, 0.6) is 0 Å². The summed E-state index contributed by atoms with van der Waals surface area (Å²) in [7, 11) is 1.60. The van der Waals surface area contributed by atoms with Crippen molar-refractivity contribution >= 4 is 11.4 Å². The summed E-state index contributed by atoms with van der Waals surface area (Å²) >= 11 is 0. The van der Waals surface area contributed by atoms with Gasteiger partial charge in [-0.25, -0.2) is 4.39 Å². The maximum absolute atomic E-state index is 13.0. The molecule has 0 spiro atoms. The molecule has 9 heteroatoms. The van der Waals surface area contributed by atoms with E-state index in [-0.39, 0.29) is 29.2 Å². The molecule has 1 aromatic carbocycles. The van der Waals surface area contributed by atoms with Gasteiger partial charge in [-0.3, -0.25) is 5.41 Å². The highest BCUT2D eigenvalue weighted by Gasteiger charge is 2.38. The average molecular weight is 371 g/mol. The van der Waals surface area contributed by atoms with Crippen molar-refractivity contribution in [2.24, 2.45) is 5.16 Å². The Balaban J connectivity index is 2.25. The number of benzene rings is 1. The van der Waals surface area contributed by atoms with Crippen molar-refractivity contribution < 1.29 is 27.9 Å². The third kappa shape index (κ3) is 4.69. The fourth-order valence-electron chi connectivity index (χ4n) is 2.45. The van der Waals surface area contributed by atoms with Crippen LogP contribution in [0.3, 0.4) is 0 Å². The predicted octanol–water partition coefficient (Wildman–Crippen LogP) is 3.24. The molecule has 0 aliphatic heterocycles. The van der Waals surface area contributed by atoms with Gasteiger partial charge in [-0.1, -0.05) is 17.3 Å². The first-order valence-corrected chi connectivity index (χ1v) is 7.55. The standard InChI is InChI=1S/C17H17F4N3O2/c1-24(9-10-2-4-12(18)5-3-10)14-7-11(6-13(23-26)16(14)22)8-15(25)17(19,20)21/h2-7,15,22,25-26H,8-9H2,1H3/b22-16?,23-13-. The lowest BCUT2D eigenvalue weighted by Crippen LogP contribution is -2.32. The SMILES string of the molecule is CN(Cc1ccc(F)cc1)C1=CC(CC(O)C(F)(F)F)=C/C(=N/O)C1=N. The Bertz CT molecular complexity index is 767. The van der Waals surface area contributed by atoms with Gasteiger partial charge in [0.25, 0.3) is 0 Å². The number of halogens is 4. The number of aliphatic hydroxyl groups is 1. The second-order valence-electron chi connectivity index (χ2n) is 5.85. The molecule has 0 heterocycles. The third-order valence-corrected chi connectivity index (χ3v) is 3.82. The monoisotopic (exact) mass is 371 g/mol. The molecule has 1 atom stereocenters. The van der Waals surface area contributed by atoms with Crippen molar-refractivity contribution in [2.75, 3.05) is 7.05 Å². The quantitative estimate of drug-likeness (QED) is 0.322. The molecule has 1 aliphatic rings. The predicted molar refractivity (Wildman–Crippen MR) is 87.7 cm³/mol. The lowest BCUT2D eigenvalue weighted by atomic mass is 9.95. The van der Waals surface area contributed by atoms with Gasteiger partial charge in [0.1, 0.15) is 17.2 Å². The van der Waals surface area contributed by atoms with E-state index in [1.807, 2.05) is 0 Å². The fourth-order valence-corrected chi connectivity index (χ4v) is 2.45. The number of alkyl halides is 3. The first kappa shape index (κ1) is 19.6. The first-order chi connectivity index (χ1) is 12.1. The summed E-state index contributed by atoms with van der Waals surface area (Å²) in [5.74, 6) is -0.401. The number of allylic oxidation sites excluding steroid dienone is 3. The molecule has 26 heavy (non-hydrogen) atoms. The van der Waals surface area contributed by atoms with Gasteiger partial charge in [0.2, 0.25) is 0 Å². The van der Waals surface area contributed by atoms with Crippen LogP contribution in [0.4, 0.5) is 17.6 Å². The van der Waals surface area contributed by atoms with E-state index in [0.717, 1.165) is 11.6 Å². The maximum Gasteiger partial charge on any atom is 0.414 e. The van der Waals surface area contributed by atoms with E-state index in [9.17, 15) is 22.7 Å². The van der Waals surface area contributed by atoms with Crippen LogP contribution in [0.2, 0.25) is 0 Å². The summed E-state index contributed by atoms with van der Waals surface area (Å²) in [6.45, 7) is 0.252. The fraction of sp³-hybridized carbons (Fsp3) is 0.294. The molecule has 0 amide bonds. The molecule has 1 aliphatic carbocycles. The first-order valence-electron chi connectivity index (χ1n) is 7.55. The van der Waals surface area contributed by atoms with Crippen LogP contribution in [0.15, 0.2) is 52.8 Å². The Morgan fingerprint density at radius 1 is 1.19 bits per heavy atom. The number of hydrogen-bond acceptors (Lipinski definition) is 5. The van der Waals surface area contributed by atoms with Crippen LogP contribution in [0.25, 0.3) is 0 Å². The summed E-state index contributed by atoms with van der Waals surface area (Å²) in [4.78, 5) is 1.56. The zero-order chi connectivity index (χ0) is 19.5. The zero-order valence-corrected chi connectivity index (χ0v) is 13.8. The average Bonchev–Trinajstić information content (AvgIpc) is 2.57. The van der Waals surface area contributed by atoms with Crippen molar-refractivity contribution in [3.8, 4) is 0 Å². The van der Waals surface area contributed by atoms with E-state index >= 15 is 0 Å². The Kier molecular flexibility index (Phi) is 5.81. The van der Waals surface area contributed by atoms with Gasteiger partial charge in [-0.2, -0.15) is 13.2 Å². The van der Waals surface area contributed by atoms with Crippen LogP contribution in [-0.2, 0) is 6.54 Å². The summed E-state index contributed by atoms with van der Waals surface area (Å²) in [6, 6.07) is 5.64. The third-order valence-electron chi connectivity index (χ3n) is 3.82. The van der Waals surface area contributed by atoms with Gasteiger partial charge in [-0.15, -0.1) is 0 Å². The molecule has 1 aromatic rings. The number of rotatable bonds is 5. The molecule has 140 valence electrons. The highest BCUT2D eigenvalue weighted by molar-refractivity contribution is 6.51. The van der Waals surface area contributed by atoms with Crippen LogP contribution in [0.1, 0.15) is 12.0 Å². The van der Waals surface area contributed by atoms with E-state index < -0.39 is 24.5 Å². The van der Waals surface area contributed by atoms with Gasteiger partial charge in [0.05, 0.1) is 5.70 Å². The molecule has 5 nitrogen and oxygen atoms in total. The molecular weight excluding hydrogens is 354 g/mol. The van der Waals surface area contributed by atoms with Crippen molar-refractivity contribution in [3.05, 3.63) is 59.1 Å². The molecule has 1 unspecified atom stereocenters. The van der Waals surface area contributed by atoms with Crippen molar-refractivity contribution in [3.63, 3.8) is 0 Å². The molecule has 0 bridgehead atoms. The largest absolute Gasteiger partial charge is 0.414 e. The summed E-state index contributed by atoms with van der Waals surface area (Å²) in [5, 5.41) is 29.2. The minimum Gasteiger partial charge on any atom is -0.410 e. The summed E-state index contributed by atoms with van der Waals surface area (Å²) < 4.78 is 50.7. The van der Waals surface area contributed by atoms with Gasteiger partial charge in [0, 0.05) is 20.0 Å².